The van der Waals surface area contributed by atoms with Crippen LogP contribution in [0.25, 0.3) is 11.0 Å². The van der Waals surface area contributed by atoms with E-state index >= 15 is 0 Å². The zero-order valence-corrected chi connectivity index (χ0v) is 16.4. The van der Waals surface area contributed by atoms with Crippen LogP contribution in [0.2, 0.25) is 0 Å². The number of imidazole rings is 1. The lowest BCUT2D eigenvalue weighted by Crippen LogP contribution is -2.31. The number of hydrogen-bond donors (Lipinski definition) is 2. The first-order chi connectivity index (χ1) is 14.7. The highest BCUT2D eigenvalue weighted by molar-refractivity contribution is 5.76. The van der Waals surface area contributed by atoms with Gasteiger partial charge in [0.25, 0.3) is 0 Å². The third-order valence-corrected chi connectivity index (χ3v) is 4.98. The topological polar surface area (TPSA) is 87.0 Å². The molecule has 1 heterocycles. The minimum absolute atomic E-state index is 0.0938. The average molecular weight is 398 g/mol. The van der Waals surface area contributed by atoms with Crippen molar-refractivity contribution < 1.29 is 9.84 Å². The van der Waals surface area contributed by atoms with Gasteiger partial charge in [-0.15, -0.1) is 0 Å². The second-order valence-corrected chi connectivity index (χ2v) is 7.10. The molecule has 4 rings (SSSR count). The largest absolute Gasteiger partial charge is 0.491 e. The third kappa shape index (κ3) is 4.12. The normalized spacial score (nSPS) is 11.9. The molecule has 0 amide bonds. The van der Waals surface area contributed by atoms with Crippen molar-refractivity contribution in [1.82, 2.24) is 9.13 Å². The molecule has 0 aliphatic rings. The number of nitrogens with zero attached hydrogens (tertiary/aromatic N) is 3. The Morgan fingerprint density at radius 3 is 2.20 bits per heavy atom. The maximum absolute atomic E-state index is 10.6. The van der Waals surface area contributed by atoms with Crippen molar-refractivity contribution in [3.05, 3.63) is 95.6 Å². The highest BCUT2D eigenvalue weighted by Gasteiger charge is 2.15. The molecule has 0 bridgehead atoms. The third-order valence-electron chi connectivity index (χ3n) is 4.98. The number of aliphatic hydroxyl groups is 1. The van der Waals surface area contributed by atoms with Crippen molar-refractivity contribution >= 4 is 11.0 Å². The van der Waals surface area contributed by atoms with Crippen molar-refractivity contribution in [2.24, 2.45) is 0 Å². The average Bonchev–Trinajstić information content (AvgIpc) is 3.05. The van der Waals surface area contributed by atoms with Gasteiger partial charge in [-0.3, -0.25) is 5.41 Å². The predicted molar refractivity (Wildman–Crippen MR) is 114 cm³/mol. The molecule has 0 aliphatic carbocycles. The van der Waals surface area contributed by atoms with Gasteiger partial charge >= 0.3 is 0 Å². The minimum atomic E-state index is -0.786. The summed E-state index contributed by atoms with van der Waals surface area (Å²) in [5, 5.41) is 28.1. The number of benzene rings is 3. The van der Waals surface area contributed by atoms with E-state index in [2.05, 4.69) is 6.07 Å². The fraction of sp³-hybridized carbons (Fsp3) is 0.167. The Kier molecular flexibility index (Phi) is 5.64. The first kappa shape index (κ1) is 19.5. The Bertz CT molecular complexity index is 1230. The molecule has 150 valence electrons. The van der Waals surface area contributed by atoms with Gasteiger partial charge in [-0.25, -0.2) is 0 Å². The van der Waals surface area contributed by atoms with Gasteiger partial charge in [0, 0.05) is 0 Å². The highest BCUT2D eigenvalue weighted by atomic mass is 16.5. The number of aromatic nitrogens is 2. The second kappa shape index (κ2) is 8.68. The van der Waals surface area contributed by atoms with Crippen molar-refractivity contribution in [2.75, 3.05) is 6.61 Å². The second-order valence-electron chi connectivity index (χ2n) is 7.10. The summed E-state index contributed by atoms with van der Waals surface area (Å²) in [6.45, 7) is 0.930. The van der Waals surface area contributed by atoms with Crippen molar-refractivity contribution in [2.45, 2.75) is 19.2 Å². The standard InChI is InChI=1S/C24H22N4O2/c25-14-18-10-12-21(13-11-18)30-17-20(29)16-28-23-9-5-4-8-22(23)27(24(28)26)15-19-6-2-1-3-7-19/h1-13,20,26,29H,15-17H2. The molecular weight excluding hydrogens is 376 g/mol. The number of nitriles is 1. The van der Waals surface area contributed by atoms with Crippen LogP contribution in [0.4, 0.5) is 0 Å². The Hall–Kier alpha value is -3.82. The number of ether oxygens (including phenoxy) is 1. The van der Waals surface area contributed by atoms with Crippen molar-refractivity contribution in [3.63, 3.8) is 0 Å². The molecule has 6 nitrogen and oxygen atoms in total. The van der Waals surface area contributed by atoms with Gasteiger partial charge < -0.3 is 19.0 Å². The Morgan fingerprint density at radius 1 is 0.900 bits per heavy atom. The molecule has 1 aromatic heterocycles. The molecule has 6 heteroatoms. The maximum Gasteiger partial charge on any atom is 0.203 e. The number of aliphatic hydroxyl groups excluding tert-OH is 1. The Labute approximate surface area is 174 Å². The van der Waals surface area contributed by atoms with E-state index in [-0.39, 0.29) is 13.2 Å². The van der Waals surface area contributed by atoms with Crippen LogP contribution in [-0.2, 0) is 13.1 Å². The lowest BCUT2D eigenvalue weighted by molar-refractivity contribution is 0.0921. The van der Waals surface area contributed by atoms with Gasteiger partial charge in [-0.2, -0.15) is 5.26 Å². The molecule has 0 saturated heterocycles. The molecule has 1 unspecified atom stereocenters. The summed E-state index contributed by atoms with van der Waals surface area (Å²) < 4.78 is 9.41. The number of para-hydroxylation sites is 2. The number of fused-ring (bicyclic) bond motifs is 1. The van der Waals surface area contributed by atoms with Crippen LogP contribution < -0.4 is 10.4 Å². The van der Waals surface area contributed by atoms with Crippen molar-refractivity contribution in [3.8, 4) is 11.8 Å². The number of hydrogen-bond acceptors (Lipinski definition) is 4. The summed E-state index contributed by atoms with van der Waals surface area (Å²) in [6.07, 6.45) is -0.786. The van der Waals surface area contributed by atoms with Crippen LogP contribution in [0.3, 0.4) is 0 Å². The van der Waals surface area contributed by atoms with E-state index in [0.717, 1.165) is 16.6 Å². The monoisotopic (exact) mass is 398 g/mol. The Morgan fingerprint density at radius 2 is 1.53 bits per heavy atom. The van der Waals surface area contributed by atoms with E-state index in [1.165, 1.54) is 0 Å². The molecule has 4 aromatic rings. The number of nitrogens with one attached hydrogen (secondary N) is 1. The summed E-state index contributed by atoms with van der Waals surface area (Å²) in [6, 6.07) is 26.7. The first-order valence-electron chi connectivity index (χ1n) is 9.73. The highest BCUT2D eigenvalue weighted by Crippen LogP contribution is 2.16. The molecule has 0 fully saturated rings. The van der Waals surface area contributed by atoms with E-state index in [4.69, 9.17) is 15.4 Å². The maximum atomic E-state index is 10.6. The number of rotatable bonds is 7. The molecular formula is C24H22N4O2. The summed E-state index contributed by atoms with van der Waals surface area (Å²) in [5.74, 6) is 0.593. The molecule has 2 N–H and O–H groups in total. The van der Waals surface area contributed by atoms with Gasteiger partial charge in [0.15, 0.2) is 0 Å². The zero-order valence-electron chi connectivity index (χ0n) is 16.4. The van der Waals surface area contributed by atoms with E-state index in [1.807, 2.05) is 63.7 Å². The Balaban J connectivity index is 1.54. The fourth-order valence-electron chi connectivity index (χ4n) is 3.49. The molecule has 3 aromatic carbocycles. The van der Waals surface area contributed by atoms with Crippen LogP contribution in [0.15, 0.2) is 78.9 Å². The van der Waals surface area contributed by atoms with Crippen molar-refractivity contribution in [1.29, 1.82) is 10.7 Å². The van der Waals surface area contributed by atoms with Gasteiger partial charge in [0.05, 0.1) is 35.8 Å². The zero-order chi connectivity index (χ0) is 20.9. The van der Waals surface area contributed by atoms with Gasteiger partial charge in [0.2, 0.25) is 5.62 Å². The summed E-state index contributed by atoms with van der Waals surface area (Å²) in [7, 11) is 0. The van der Waals surface area contributed by atoms with Crippen LogP contribution in [0.1, 0.15) is 11.1 Å². The molecule has 1 atom stereocenters. The lowest BCUT2D eigenvalue weighted by atomic mass is 10.2. The van der Waals surface area contributed by atoms with E-state index in [0.29, 0.717) is 23.5 Å². The van der Waals surface area contributed by atoms with Gasteiger partial charge in [0.1, 0.15) is 18.5 Å². The SMILES string of the molecule is N#Cc1ccc(OCC(O)Cn2c(=N)n(Cc3ccccc3)c3ccccc32)cc1. The lowest BCUT2D eigenvalue weighted by Gasteiger charge is -2.14. The predicted octanol–water partition coefficient (Wildman–Crippen LogP) is 3.28. The first-order valence-corrected chi connectivity index (χ1v) is 9.73. The molecule has 30 heavy (non-hydrogen) atoms. The van der Waals surface area contributed by atoms with Gasteiger partial charge in [-0.05, 0) is 42.0 Å². The minimum Gasteiger partial charge on any atom is -0.491 e. The van der Waals surface area contributed by atoms with Crippen LogP contribution in [-0.4, -0.2) is 27.0 Å². The van der Waals surface area contributed by atoms with Crippen LogP contribution in [0, 0.1) is 16.7 Å². The molecule has 0 spiro atoms. The van der Waals surface area contributed by atoms with E-state index < -0.39 is 6.10 Å². The molecule has 0 aliphatic heterocycles. The summed E-state index contributed by atoms with van der Waals surface area (Å²) in [5.41, 5.74) is 3.85. The summed E-state index contributed by atoms with van der Waals surface area (Å²) >= 11 is 0. The van der Waals surface area contributed by atoms with Crippen LogP contribution >= 0.6 is 0 Å². The smallest absolute Gasteiger partial charge is 0.203 e. The molecule has 0 radical (unpaired) electrons. The van der Waals surface area contributed by atoms with E-state index in [1.54, 1.807) is 24.3 Å². The van der Waals surface area contributed by atoms with Gasteiger partial charge in [-0.1, -0.05) is 42.5 Å². The quantitative estimate of drug-likeness (QED) is 0.501. The van der Waals surface area contributed by atoms with Crippen LogP contribution in [0.5, 0.6) is 5.75 Å². The fourth-order valence-corrected chi connectivity index (χ4v) is 3.49. The molecule has 0 saturated carbocycles. The summed E-state index contributed by atoms with van der Waals surface area (Å²) in [4.78, 5) is 0. The van der Waals surface area contributed by atoms with E-state index in [9.17, 15) is 5.11 Å².